The van der Waals surface area contributed by atoms with Gasteiger partial charge in [-0.3, -0.25) is 0 Å². The minimum absolute atomic E-state index is 0.566. The number of hydrogen-bond donors (Lipinski definition) is 1. The fourth-order valence-electron chi connectivity index (χ4n) is 1.52. The summed E-state index contributed by atoms with van der Waals surface area (Å²) in [6.45, 7) is 4.18. The van der Waals surface area contributed by atoms with Crippen molar-refractivity contribution in [3.8, 4) is 0 Å². The van der Waals surface area contributed by atoms with Crippen LogP contribution in [-0.4, -0.2) is 45.7 Å². The zero-order valence-corrected chi connectivity index (χ0v) is 11.7. The molecule has 0 spiro atoms. The molecule has 1 aromatic rings. The van der Waals surface area contributed by atoms with Crippen LogP contribution in [0.25, 0.3) is 0 Å². The smallest absolute Gasteiger partial charge is 0.0361 e. The van der Waals surface area contributed by atoms with Gasteiger partial charge in [0.15, 0.2) is 0 Å². The van der Waals surface area contributed by atoms with Gasteiger partial charge >= 0.3 is 0 Å². The molecule has 0 bridgehead atoms. The van der Waals surface area contributed by atoms with E-state index >= 15 is 0 Å². The van der Waals surface area contributed by atoms with Crippen molar-refractivity contribution >= 4 is 5.69 Å². The summed E-state index contributed by atoms with van der Waals surface area (Å²) in [5, 5.41) is 3.48. The third kappa shape index (κ3) is 4.75. The first-order valence-corrected chi connectivity index (χ1v) is 6.14. The van der Waals surface area contributed by atoms with Crippen molar-refractivity contribution in [3.63, 3.8) is 0 Å². The van der Waals surface area contributed by atoms with Gasteiger partial charge in [0.1, 0.15) is 0 Å². The molecule has 96 valence electrons. The van der Waals surface area contributed by atoms with Gasteiger partial charge in [0.2, 0.25) is 0 Å². The second-order valence-corrected chi connectivity index (χ2v) is 5.00. The molecule has 0 heterocycles. The van der Waals surface area contributed by atoms with Crippen LogP contribution in [0.2, 0.25) is 0 Å². The molecular weight excluding hydrogens is 210 g/mol. The molecule has 1 N–H and O–H groups in total. The van der Waals surface area contributed by atoms with Gasteiger partial charge in [0.25, 0.3) is 0 Å². The summed E-state index contributed by atoms with van der Waals surface area (Å²) in [5.41, 5.74) is 2.58. The van der Waals surface area contributed by atoms with Crippen LogP contribution in [0, 0.1) is 0 Å². The molecule has 0 saturated heterocycles. The molecule has 3 nitrogen and oxygen atoms in total. The summed E-state index contributed by atoms with van der Waals surface area (Å²) in [6.07, 6.45) is 0. The number of likely N-dealkylation sites (N-methyl/N-ethyl adjacent to an activating group) is 1. The average Bonchev–Trinajstić information content (AvgIpc) is 2.29. The van der Waals surface area contributed by atoms with E-state index in [1.54, 1.807) is 0 Å². The van der Waals surface area contributed by atoms with E-state index in [0.29, 0.717) is 6.04 Å². The standard InChI is InChI=1S/C14H25N3/c1-12(16(2)3)10-15-11-13-6-8-14(9-7-13)17(4)5/h6-9,12,15H,10-11H2,1-5H3. The lowest BCUT2D eigenvalue weighted by Gasteiger charge is -2.20. The van der Waals surface area contributed by atoms with Crippen molar-refractivity contribution < 1.29 is 0 Å². The highest BCUT2D eigenvalue weighted by Gasteiger charge is 2.03. The Morgan fingerprint density at radius 1 is 1.06 bits per heavy atom. The summed E-state index contributed by atoms with van der Waals surface area (Å²) in [4.78, 5) is 4.34. The third-order valence-corrected chi connectivity index (χ3v) is 3.10. The quantitative estimate of drug-likeness (QED) is 0.811. The molecule has 3 heteroatoms. The zero-order chi connectivity index (χ0) is 12.8. The normalized spacial score (nSPS) is 12.8. The second-order valence-electron chi connectivity index (χ2n) is 5.00. The van der Waals surface area contributed by atoms with E-state index in [9.17, 15) is 0 Å². The van der Waals surface area contributed by atoms with Crippen LogP contribution in [0.15, 0.2) is 24.3 Å². The molecule has 1 unspecified atom stereocenters. The maximum Gasteiger partial charge on any atom is 0.0361 e. The fraction of sp³-hybridized carbons (Fsp3) is 0.571. The third-order valence-electron chi connectivity index (χ3n) is 3.10. The number of nitrogens with one attached hydrogen (secondary N) is 1. The predicted octanol–water partition coefficient (Wildman–Crippen LogP) is 1.79. The molecule has 0 saturated carbocycles. The summed E-state index contributed by atoms with van der Waals surface area (Å²) >= 11 is 0. The van der Waals surface area contributed by atoms with E-state index in [0.717, 1.165) is 13.1 Å². The highest BCUT2D eigenvalue weighted by atomic mass is 15.1. The molecule has 1 rings (SSSR count). The van der Waals surface area contributed by atoms with Crippen molar-refractivity contribution in [1.82, 2.24) is 10.2 Å². The molecule has 17 heavy (non-hydrogen) atoms. The Labute approximate surface area is 105 Å². The molecule has 0 aliphatic carbocycles. The summed E-state index contributed by atoms with van der Waals surface area (Å²) in [5.74, 6) is 0. The van der Waals surface area contributed by atoms with E-state index in [2.05, 4.69) is 74.5 Å². The summed E-state index contributed by atoms with van der Waals surface area (Å²) < 4.78 is 0. The van der Waals surface area contributed by atoms with Crippen LogP contribution in [0.4, 0.5) is 5.69 Å². The van der Waals surface area contributed by atoms with Gasteiger partial charge in [-0.15, -0.1) is 0 Å². The Hall–Kier alpha value is -1.06. The van der Waals surface area contributed by atoms with Gasteiger partial charge in [-0.1, -0.05) is 12.1 Å². The van der Waals surface area contributed by atoms with E-state index in [4.69, 9.17) is 0 Å². The minimum Gasteiger partial charge on any atom is -0.378 e. The van der Waals surface area contributed by atoms with Gasteiger partial charge in [0.05, 0.1) is 0 Å². The second kappa shape index (κ2) is 6.62. The van der Waals surface area contributed by atoms with Gasteiger partial charge in [-0.25, -0.2) is 0 Å². The lowest BCUT2D eigenvalue weighted by Crippen LogP contribution is -2.35. The van der Waals surface area contributed by atoms with Gasteiger partial charge < -0.3 is 15.1 Å². The highest BCUT2D eigenvalue weighted by Crippen LogP contribution is 2.11. The van der Waals surface area contributed by atoms with Crippen molar-refractivity contribution in [2.75, 3.05) is 39.6 Å². The van der Waals surface area contributed by atoms with Crippen LogP contribution in [0.1, 0.15) is 12.5 Å². The maximum absolute atomic E-state index is 3.48. The largest absolute Gasteiger partial charge is 0.378 e. The van der Waals surface area contributed by atoms with Crippen LogP contribution in [0.5, 0.6) is 0 Å². The number of rotatable bonds is 6. The van der Waals surface area contributed by atoms with Crippen molar-refractivity contribution in [2.45, 2.75) is 19.5 Å². The molecule has 0 aromatic heterocycles. The number of anilines is 1. The summed E-state index contributed by atoms with van der Waals surface area (Å²) in [7, 11) is 8.34. The topological polar surface area (TPSA) is 18.5 Å². The van der Waals surface area contributed by atoms with E-state index in [1.807, 2.05) is 0 Å². The van der Waals surface area contributed by atoms with Gasteiger partial charge in [-0.2, -0.15) is 0 Å². The average molecular weight is 235 g/mol. The van der Waals surface area contributed by atoms with E-state index < -0.39 is 0 Å². The Morgan fingerprint density at radius 3 is 2.12 bits per heavy atom. The first kappa shape index (κ1) is 14.0. The Bertz CT molecular complexity index is 317. The lowest BCUT2D eigenvalue weighted by atomic mass is 10.2. The molecule has 0 aliphatic heterocycles. The van der Waals surface area contributed by atoms with Crippen molar-refractivity contribution in [3.05, 3.63) is 29.8 Å². The van der Waals surface area contributed by atoms with E-state index in [1.165, 1.54) is 11.3 Å². The maximum atomic E-state index is 3.48. The van der Waals surface area contributed by atoms with Gasteiger partial charge in [-0.05, 0) is 38.7 Å². The molecule has 1 atom stereocenters. The number of hydrogen-bond acceptors (Lipinski definition) is 3. The molecule has 0 fully saturated rings. The fourth-order valence-corrected chi connectivity index (χ4v) is 1.52. The Morgan fingerprint density at radius 2 is 1.65 bits per heavy atom. The number of benzene rings is 1. The van der Waals surface area contributed by atoms with Crippen molar-refractivity contribution in [2.24, 2.45) is 0 Å². The Kier molecular flexibility index (Phi) is 5.45. The SMILES string of the molecule is CC(CNCc1ccc(N(C)C)cc1)N(C)C. The van der Waals surface area contributed by atoms with E-state index in [-0.39, 0.29) is 0 Å². The van der Waals surface area contributed by atoms with Crippen molar-refractivity contribution in [1.29, 1.82) is 0 Å². The first-order valence-electron chi connectivity index (χ1n) is 6.14. The predicted molar refractivity (Wildman–Crippen MR) is 75.6 cm³/mol. The molecular formula is C14H25N3. The van der Waals surface area contributed by atoms with Crippen LogP contribution in [-0.2, 0) is 6.54 Å². The van der Waals surface area contributed by atoms with Gasteiger partial charge in [0, 0.05) is 38.9 Å². The lowest BCUT2D eigenvalue weighted by molar-refractivity contribution is 0.302. The number of nitrogens with zero attached hydrogens (tertiary/aromatic N) is 2. The minimum atomic E-state index is 0.566. The highest BCUT2D eigenvalue weighted by molar-refractivity contribution is 5.45. The van der Waals surface area contributed by atoms with Crippen LogP contribution in [0.3, 0.4) is 0 Å². The van der Waals surface area contributed by atoms with Crippen LogP contribution < -0.4 is 10.2 Å². The monoisotopic (exact) mass is 235 g/mol. The summed E-state index contributed by atoms with van der Waals surface area (Å²) in [6, 6.07) is 9.25. The Balaban J connectivity index is 2.37. The first-order chi connectivity index (χ1) is 8.00. The van der Waals surface area contributed by atoms with Crippen LogP contribution >= 0.6 is 0 Å². The molecule has 1 aromatic carbocycles. The molecule has 0 amide bonds. The molecule has 0 aliphatic rings. The zero-order valence-electron chi connectivity index (χ0n) is 11.7. The molecule has 0 radical (unpaired) electrons.